The van der Waals surface area contributed by atoms with Crippen molar-refractivity contribution in [3.05, 3.63) is 11.6 Å². The van der Waals surface area contributed by atoms with Gasteiger partial charge in [0, 0.05) is 24.7 Å². The van der Waals surface area contributed by atoms with Gasteiger partial charge in [0.25, 0.3) is 0 Å². The summed E-state index contributed by atoms with van der Waals surface area (Å²) in [5.74, 6) is 3.48. The molecule has 20 heavy (non-hydrogen) atoms. The fourth-order valence-corrected chi connectivity index (χ4v) is 5.74. The van der Waals surface area contributed by atoms with Crippen LogP contribution in [-0.2, 0) is 9.59 Å². The molecule has 3 saturated carbocycles. The van der Waals surface area contributed by atoms with Gasteiger partial charge in [-0.25, -0.2) is 0 Å². The molecule has 0 aromatic heterocycles. The van der Waals surface area contributed by atoms with E-state index >= 15 is 0 Å². The van der Waals surface area contributed by atoms with Gasteiger partial charge in [-0.05, 0) is 55.8 Å². The summed E-state index contributed by atoms with van der Waals surface area (Å²) in [4.78, 5) is 23.9. The molecule has 2 heteroatoms. The minimum atomic E-state index is -0.0640. The lowest BCUT2D eigenvalue weighted by atomic mass is 9.55. The molecule has 3 fully saturated rings. The maximum absolute atomic E-state index is 12.3. The van der Waals surface area contributed by atoms with Gasteiger partial charge in [0.2, 0.25) is 0 Å². The van der Waals surface area contributed by atoms with Crippen molar-refractivity contribution in [1.29, 1.82) is 0 Å². The normalized spacial score (nSPS) is 47.4. The largest absolute Gasteiger partial charge is 0.300 e. The average molecular weight is 272 g/mol. The zero-order valence-corrected chi connectivity index (χ0v) is 12.4. The standard InChI is InChI=1S/C18H24O2/c1-18-9-8-14-13-5-3-12(19)10-11(13)2-4-15(14)16(18)6-7-17(18)20/h8,11,13,15-16H,2-7,9-10H2,1H3/t11?,13-,15+,16-,18-/m0/s1. The predicted octanol–water partition coefficient (Wildman–Crippen LogP) is 3.70. The molecule has 2 nitrogen and oxygen atoms in total. The Morgan fingerprint density at radius 3 is 2.75 bits per heavy atom. The van der Waals surface area contributed by atoms with Crippen molar-refractivity contribution in [2.24, 2.45) is 29.1 Å². The minimum absolute atomic E-state index is 0.0640. The number of hydrogen-bond donors (Lipinski definition) is 0. The zero-order chi connectivity index (χ0) is 13.9. The highest BCUT2D eigenvalue weighted by Crippen LogP contribution is 2.58. The second kappa shape index (κ2) is 4.29. The van der Waals surface area contributed by atoms with E-state index in [9.17, 15) is 9.59 Å². The van der Waals surface area contributed by atoms with E-state index in [1.165, 1.54) is 12.8 Å². The molecule has 4 aliphatic rings. The molecule has 5 atom stereocenters. The summed E-state index contributed by atoms with van der Waals surface area (Å²) in [5, 5.41) is 0. The molecule has 0 aromatic carbocycles. The smallest absolute Gasteiger partial charge is 0.139 e. The van der Waals surface area contributed by atoms with Gasteiger partial charge in [0.1, 0.15) is 11.6 Å². The van der Waals surface area contributed by atoms with Crippen LogP contribution in [0.1, 0.15) is 58.3 Å². The Kier molecular flexibility index (Phi) is 2.74. The molecule has 4 aliphatic carbocycles. The third kappa shape index (κ3) is 1.63. The van der Waals surface area contributed by atoms with E-state index in [2.05, 4.69) is 13.0 Å². The van der Waals surface area contributed by atoms with Crippen LogP contribution in [0.25, 0.3) is 0 Å². The van der Waals surface area contributed by atoms with Crippen molar-refractivity contribution in [3.8, 4) is 0 Å². The molecular formula is C18H24O2. The maximum Gasteiger partial charge on any atom is 0.139 e. The molecule has 1 unspecified atom stereocenters. The van der Waals surface area contributed by atoms with Gasteiger partial charge in [-0.15, -0.1) is 0 Å². The van der Waals surface area contributed by atoms with Gasteiger partial charge >= 0.3 is 0 Å². The average Bonchev–Trinajstić information content (AvgIpc) is 2.74. The van der Waals surface area contributed by atoms with E-state index in [4.69, 9.17) is 0 Å². The third-order valence-electron chi connectivity index (χ3n) is 6.88. The van der Waals surface area contributed by atoms with Crippen molar-refractivity contribution in [1.82, 2.24) is 0 Å². The van der Waals surface area contributed by atoms with E-state index in [1.807, 2.05) is 0 Å². The van der Waals surface area contributed by atoms with E-state index in [1.54, 1.807) is 5.57 Å². The van der Waals surface area contributed by atoms with E-state index in [0.717, 1.165) is 38.5 Å². The molecule has 0 bridgehead atoms. The van der Waals surface area contributed by atoms with Crippen LogP contribution >= 0.6 is 0 Å². The van der Waals surface area contributed by atoms with Crippen molar-refractivity contribution in [3.63, 3.8) is 0 Å². The Morgan fingerprint density at radius 2 is 1.90 bits per heavy atom. The number of allylic oxidation sites excluding steroid dienone is 2. The number of ketones is 2. The van der Waals surface area contributed by atoms with Gasteiger partial charge in [-0.3, -0.25) is 9.59 Å². The lowest BCUT2D eigenvalue weighted by Crippen LogP contribution is -2.43. The SMILES string of the molecule is C[C@]12CC=C3[C@H]4CCC(=O)CC4CC[C@H]3[C@@H]1CCC2=O. The Balaban J connectivity index is 1.66. The van der Waals surface area contributed by atoms with Crippen LogP contribution in [0.15, 0.2) is 11.6 Å². The third-order valence-corrected chi connectivity index (χ3v) is 6.88. The molecule has 0 spiro atoms. The summed E-state index contributed by atoms with van der Waals surface area (Å²) >= 11 is 0. The summed E-state index contributed by atoms with van der Waals surface area (Å²) in [5.41, 5.74) is 1.58. The highest BCUT2D eigenvalue weighted by molar-refractivity contribution is 5.87. The fraction of sp³-hybridized carbons (Fsp3) is 0.778. The first-order chi connectivity index (χ1) is 9.59. The second-order valence-electron chi connectivity index (χ2n) is 7.73. The van der Waals surface area contributed by atoms with E-state index < -0.39 is 0 Å². The summed E-state index contributed by atoms with van der Waals surface area (Å²) in [6.07, 6.45) is 10.4. The summed E-state index contributed by atoms with van der Waals surface area (Å²) < 4.78 is 0. The van der Waals surface area contributed by atoms with Gasteiger partial charge < -0.3 is 0 Å². The van der Waals surface area contributed by atoms with Crippen molar-refractivity contribution in [2.75, 3.05) is 0 Å². The number of fused-ring (bicyclic) bond motifs is 5. The first-order valence-corrected chi connectivity index (χ1v) is 8.34. The Hall–Kier alpha value is -0.920. The molecule has 0 radical (unpaired) electrons. The number of rotatable bonds is 0. The molecule has 0 saturated heterocycles. The molecule has 108 valence electrons. The monoisotopic (exact) mass is 272 g/mol. The van der Waals surface area contributed by atoms with Crippen LogP contribution < -0.4 is 0 Å². The molecule has 0 amide bonds. The van der Waals surface area contributed by atoms with Crippen LogP contribution in [0.3, 0.4) is 0 Å². The van der Waals surface area contributed by atoms with E-state index in [-0.39, 0.29) is 5.41 Å². The zero-order valence-electron chi connectivity index (χ0n) is 12.4. The van der Waals surface area contributed by atoms with Crippen LogP contribution in [0.2, 0.25) is 0 Å². The van der Waals surface area contributed by atoms with Crippen molar-refractivity contribution >= 4 is 11.6 Å². The van der Waals surface area contributed by atoms with Crippen LogP contribution in [-0.4, -0.2) is 11.6 Å². The minimum Gasteiger partial charge on any atom is -0.300 e. The Morgan fingerprint density at radius 1 is 1.05 bits per heavy atom. The fourth-order valence-electron chi connectivity index (χ4n) is 5.74. The lowest BCUT2D eigenvalue weighted by Gasteiger charge is -2.49. The summed E-state index contributed by atoms with van der Waals surface area (Å²) in [7, 11) is 0. The van der Waals surface area contributed by atoms with Crippen LogP contribution in [0.5, 0.6) is 0 Å². The number of hydrogen-bond acceptors (Lipinski definition) is 2. The van der Waals surface area contributed by atoms with Crippen molar-refractivity contribution in [2.45, 2.75) is 58.3 Å². The van der Waals surface area contributed by atoms with Gasteiger partial charge in [-0.2, -0.15) is 0 Å². The maximum atomic E-state index is 12.3. The lowest BCUT2D eigenvalue weighted by molar-refractivity contribution is -0.127. The van der Waals surface area contributed by atoms with Gasteiger partial charge in [0.15, 0.2) is 0 Å². The summed E-state index contributed by atoms with van der Waals surface area (Å²) in [6, 6.07) is 0. The number of Topliss-reactive ketones (excluding diaryl/α,β-unsaturated/α-hetero) is 2. The highest BCUT2D eigenvalue weighted by atomic mass is 16.1. The second-order valence-corrected chi connectivity index (χ2v) is 7.73. The number of carbonyl (C=O) groups is 2. The quantitative estimate of drug-likeness (QED) is 0.630. The molecular weight excluding hydrogens is 248 g/mol. The molecule has 4 rings (SSSR count). The first-order valence-electron chi connectivity index (χ1n) is 8.34. The summed E-state index contributed by atoms with van der Waals surface area (Å²) in [6.45, 7) is 2.21. The predicted molar refractivity (Wildman–Crippen MR) is 77.1 cm³/mol. The van der Waals surface area contributed by atoms with E-state index in [0.29, 0.717) is 35.2 Å². The highest BCUT2D eigenvalue weighted by Gasteiger charge is 2.53. The Labute approximate surface area is 121 Å². The first kappa shape index (κ1) is 12.8. The molecule has 0 aromatic rings. The Bertz CT molecular complexity index is 504. The van der Waals surface area contributed by atoms with Crippen molar-refractivity contribution < 1.29 is 9.59 Å². The molecule has 0 aliphatic heterocycles. The number of carbonyl (C=O) groups excluding carboxylic acids is 2. The molecule has 0 heterocycles. The molecule has 0 N–H and O–H groups in total. The van der Waals surface area contributed by atoms with Gasteiger partial charge in [0.05, 0.1) is 0 Å². The topological polar surface area (TPSA) is 34.1 Å². The van der Waals surface area contributed by atoms with Crippen LogP contribution in [0, 0.1) is 29.1 Å². The van der Waals surface area contributed by atoms with Gasteiger partial charge in [-0.1, -0.05) is 18.6 Å². The van der Waals surface area contributed by atoms with Crippen LogP contribution in [0.4, 0.5) is 0 Å².